The Bertz CT molecular complexity index is 1780. The molecule has 0 bridgehead atoms. The molecule has 0 aliphatic carbocycles. The van der Waals surface area contributed by atoms with Gasteiger partial charge in [-0.15, -0.1) is 0 Å². The van der Waals surface area contributed by atoms with Gasteiger partial charge in [-0.3, -0.25) is 13.9 Å². The van der Waals surface area contributed by atoms with E-state index in [4.69, 9.17) is 9.47 Å². The molecule has 0 saturated carbocycles. The topological polar surface area (TPSA) is 105 Å². The molecule has 1 N–H and O–H groups in total. The highest BCUT2D eigenvalue weighted by Crippen LogP contribution is 2.36. The van der Waals surface area contributed by atoms with Crippen molar-refractivity contribution in [3.63, 3.8) is 0 Å². The van der Waals surface area contributed by atoms with Crippen molar-refractivity contribution >= 4 is 27.5 Å². The number of methoxy groups -OCH3 is 2. The first-order chi connectivity index (χ1) is 22.9. The number of nitrogens with zero attached hydrogens (tertiary/aromatic N) is 2. The number of anilines is 1. The molecule has 0 fully saturated rings. The van der Waals surface area contributed by atoms with Crippen molar-refractivity contribution in [1.82, 2.24) is 10.2 Å². The fourth-order valence-corrected chi connectivity index (χ4v) is 6.52. The lowest BCUT2D eigenvalue weighted by Crippen LogP contribution is -2.53. The highest BCUT2D eigenvalue weighted by molar-refractivity contribution is 7.92. The number of hydrogen-bond acceptors (Lipinski definition) is 6. The number of halogens is 1. The number of amides is 2. The molecule has 4 aromatic rings. The molecule has 0 aliphatic rings. The van der Waals surface area contributed by atoms with Crippen molar-refractivity contribution in [1.29, 1.82) is 0 Å². The standard InChI is InChI=1S/C37H42FN3O6S/c1-26(2)23-39-37(43)34(21-28-9-7-6-8-10-28)40(24-29-13-15-30(38)16-14-29)36(42)25-41(33-22-31(46-4)17-20-35(33)47-5)48(44,45)32-18-11-27(3)12-19-32/h6-20,22,26,34H,21,23-25H2,1-5H3,(H,39,43)/t34-/m1/s1. The molecular formula is C37H42FN3O6S. The zero-order valence-corrected chi connectivity index (χ0v) is 28.7. The van der Waals surface area contributed by atoms with E-state index < -0.39 is 40.2 Å². The van der Waals surface area contributed by atoms with Gasteiger partial charge in [0.05, 0.1) is 24.8 Å². The zero-order valence-electron chi connectivity index (χ0n) is 27.9. The van der Waals surface area contributed by atoms with E-state index in [0.717, 1.165) is 15.4 Å². The maximum atomic E-state index is 14.7. The summed E-state index contributed by atoms with van der Waals surface area (Å²) in [6, 6.07) is 24.8. The Morgan fingerprint density at radius 3 is 2.12 bits per heavy atom. The Hall–Kier alpha value is -4.90. The van der Waals surface area contributed by atoms with E-state index >= 15 is 0 Å². The van der Waals surface area contributed by atoms with Crippen molar-refractivity contribution < 1.29 is 31.9 Å². The Kier molecular flexibility index (Phi) is 12.2. The molecule has 0 saturated heterocycles. The number of hydrogen-bond donors (Lipinski definition) is 1. The smallest absolute Gasteiger partial charge is 0.264 e. The predicted molar refractivity (Wildman–Crippen MR) is 184 cm³/mol. The van der Waals surface area contributed by atoms with Crippen LogP contribution in [0.1, 0.15) is 30.5 Å². The molecular weight excluding hydrogens is 633 g/mol. The summed E-state index contributed by atoms with van der Waals surface area (Å²) < 4.78 is 54.6. The third kappa shape index (κ3) is 9.13. The van der Waals surface area contributed by atoms with Gasteiger partial charge in [0, 0.05) is 25.6 Å². The summed E-state index contributed by atoms with van der Waals surface area (Å²) in [4.78, 5) is 29.9. The van der Waals surface area contributed by atoms with Crippen molar-refractivity contribution in [2.24, 2.45) is 5.92 Å². The van der Waals surface area contributed by atoms with E-state index in [9.17, 15) is 22.4 Å². The van der Waals surface area contributed by atoms with Crippen LogP contribution in [0.25, 0.3) is 0 Å². The molecule has 9 nitrogen and oxygen atoms in total. The van der Waals surface area contributed by atoms with E-state index in [2.05, 4.69) is 5.32 Å². The highest BCUT2D eigenvalue weighted by atomic mass is 32.2. The van der Waals surface area contributed by atoms with Crippen molar-refractivity contribution in [2.75, 3.05) is 31.6 Å². The number of carbonyl (C=O) groups excluding carboxylic acids is 2. The molecule has 4 rings (SSSR count). The maximum Gasteiger partial charge on any atom is 0.264 e. The monoisotopic (exact) mass is 675 g/mol. The number of benzene rings is 4. The Morgan fingerprint density at radius 2 is 1.52 bits per heavy atom. The summed E-state index contributed by atoms with van der Waals surface area (Å²) in [5.41, 5.74) is 2.30. The first-order valence-electron chi connectivity index (χ1n) is 15.6. The Morgan fingerprint density at radius 1 is 0.854 bits per heavy atom. The van der Waals surface area contributed by atoms with Crippen LogP contribution < -0.4 is 19.1 Å². The highest BCUT2D eigenvalue weighted by Gasteiger charge is 2.36. The third-order valence-corrected chi connectivity index (χ3v) is 9.54. The molecule has 254 valence electrons. The molecule has 0 aliphatic heterocycles. The summed E-state index contributed by atoms with van der Waals surface area (Å²) in [5, 5.41) is 2.95. The lowest BCUT2D eigenvalue weighted by atomic mass is 10.0. The molecule has 4 aromatic carbocycles. The van der Waals surface area contributed by atoms with Crippen LogP contribution in [-0.2, 0) is 32.6 Å². The average Bonchev–Trinajstić information content (AvgIpc) is 3.08. The molecule has 0 spiro atoms. The largest absolute Gasteiger partial charge is 0.497 e. The van der Waals surface area contributed by atoms with Crippen LogP contribution in [-0.4, -0.2) is 58.5 Å². The summed E-state index contributed by atoms with van der Waals surface area (Å²) in [5.74, 6) is -0.813. The molecule has 0 unspecified atom stereocenters. The minimum absolute atomic E-state index is 0.0358. The van der Waals surface area contributed by atoms with Crippen LogP contribution in [0.4, 0.5) is 10.1 Å². The first kappa shape index (κ1) is 35.9. The second-order valence-corrected chi connectivity index (χ2v) is 13.7. The number of sulfonamides is 1. The van der Waals surface area contributed by atoms with E-state index in [1.165, 1.54) is 61.6 Å². The van der Waals surface area contributed by atoms with Crippen LogP contribution in [0.5, 0.6) is 11.5 Å². The minimum atomic E-state index is -4.36. The zero-order chi connectivity index (χ0) is 34.8. The normalized spacial score (nSPS) is 11.9. The van der Waals surface area contributed by atoms with Gasteiger partial charge < -0.3 is 19.7 Å². The lowest BCUT2D eigenvalue weighted by molar-refractivity contribution is -0.140. The lowest BCUT2D eigenvalue weighted by Gasteiger charge is -2.34. The fourth-order valence-electron chi connectivity index (χ4n) is 5.11. The third-order valence-electron chi connectivity index (χ3n) is 7.76. The van der Waals surface area contributed by atoms with Crippen LogP contribution in [0.3, 0.4) is 0 Å². The summed E-state index contributed by atoms with van der Waals surface area (Å²) in [7, 11) is -1.51. The molecule has 0 radical (unpaired) electrons. The van der Waals surface area contributed by atoms with Gasteiger partial charge in [0.25, 0.3) is 10.0 Å². The van der Waals surface area contributed by atoms with E-state index in [0.29, 0.717) is 17.9 Å². The SMILES string of the molecule is COc1ccc(OC)c(N(CC(=O)N(Cc2ccc(F)cc2)[C@H](Cc2ccccc2)C(=O)NCC(C)C)S(=O)(=O)c2ccc(C)cc2)c1. The van der Waals surface area contributed by atoms with Crippen molar-refractivity contribution in [3.8, 4) is 11.5 Å². The number of ether oxygens (including phenoxy) is 2. The Labute approximate surface area is 282 Å². The van der Waals surface area contributed by atoms with Gasteiger partial charge in [-0.05, 0) is 60.4 Å². The summed E-state index contributed by atoms with van der Waals surface area (Å²) in [6.45, 7) is 5.38. The number of rotatable bonds is 15. The average molecular weight is 676 g/mol. The maximum absolute atomic E-state index is 14.7. The number of carbonyl (C=O) groups is 2. The first-order valence-corrected chi connectivity index (χ1v) is 17.0. The van der Waals surface area contributed by atoms with Crippen LogP contribution in [0, 0.1) is 18.7 Å². The van der Waals surface area contributed by atoms with Gasteiger partial charge in [0.1, 0.15) is 29.9 Å². The van der Waals surface area contributed by atoms with Gasteiger partial charge in [-0.1, -0.05) is 74.0 Å². The molecule has 0 heterocycles. The van der Waals surface area contributed by atoms with Crippen molar-refractivity contribution in [2.45, 2.75) is 44.7 Å². The van der Waals surface area contributed by atoms with Crippen LogP contribution in [0.2, 0.25) is 0 Å². The van der Waals surface area contributed by atoms with Gasteiger partial charge in [0.2, 0.25) is 11.8 Å². The van der Waals surface area contributed by atoms with E-state index in [1.54, 1.807) is 24.3 Å². The second-order valence-electron chi connectivity index (χ2n) is 11.9. The van der Waals surface area contributed by atoms with E-state index in [1.807, 2.05) is 51.1 Å². The summed E-state index contributed by atoms with van der Waals surface area (Å²) >= 11 is 0. The van der Waals surface area contributed by atoms with Crippen LogP contribution >= 0.6 is 0 Å². The quantitative estimate of drug-likeness (QED) is 0.172. The van der Waals surface area contributed by atoms with Crippen molar-refractivity contribution in [3.05, 3.63) is 120 Å². The van der Waals surface area contributed by atoms with Crippen LogP contribution in [0.15, 0.2) is 102 Å². The number of aryl methyl sites for hydroxylation is 1. The second kappa shape index (κ2) is 16.3. The summed E-state index contributed by atoms with van der Waals surface area (Å²) in [6.07, 6.45) is 0.158. The van der Waals surface area contributed by atoms with Gasteiger partial charge >= 0.3 is 0 Å². The van der Waals surface area contributed by atoms with Gasteiger partial charge in [-0.25, -0.2) is 12.8 Å². The molecule has 0 aromatic heterocycles. The fraction of sp³-hybridized carbons (Fsp3) is 0.297. The van der Waals surface area contributed by atoms with Gasteiger partial charge in [-0.2, -0.15) is 0 Å². The predicted octanol–water partition coefficient (Wildman–Crippen LogP) is 5.76. The van der Waals surface area contributed by atoms with E-state index in [-0.39, 0.29) is 35.2 Å². The minimum Gasteiger partial charge on any atom is -0.497 e. The molecule has 2 amide bonds. The molecule has 1 atom stereocenters. The number of nitrogens with one attached hydrogen (secondary N) is 1. The van der Waals surface area contributed by atoms with Gasteiger partial charge in [0.15, 0.2) is 0 Å². The molecule has 11 heteroatoms. The molecule has 48 heavy (non-hydrogen) atoms. The Balaban J connectivity index is 1.86.